The van der Waals surface area contributed by atoms with Gasteiger partial charge in [0.2, 0.25) is 0 Å². The molecule has 0 unspecified atom stereocenters. The maximum atomic E-state index is 11.2. The molecule has 0 rings (SSSR count). The Balaban J connectivity index is 4.61. The van der Waals surface area contributed by atoms with E-state index in [2.05, 4.69) is 0 Å². The van der Waals surface area contributed by atoms with Gasteiger partial charge in [0.1, 0.15) is 5.78 Å². The number of carbonyl (C=O) groups excluding carboxylic acids is 1. The first-order valence-electron chi connectivity index (χ1n) is 4.20. The summed E-state index contributed by atoms with van der Waals surface area (Å²) in [5.74, 6) is 0.0949. The van der Waals surface area contributed by atoms with Gasteiger partial charge in [-0.2, -0.15) is 0 Å². The van der Waals surface area contributed by atoms with Crippen LogP contribution < -0.4 is 0 Å². The molecule has 2 nitrogen and oxygen atoms in total. The monoisotopic (exact) mass is 158 g/mol. The van der Waals surface area contributed by atoms with Crippen LogP contribution in [0.15, 0.2) is 0 Å². The third-order valence-corrected chi connectivity index (χ3v) is 2.76. The molecule has 0 aromatic carbocycles. The van der Waals surface area contributed by atoms with E-state index in [1.54, 1.807) is 13.8 Å². The van der Waals surface area contributed by atoms with Gasteiger partial charge in [-0.05, 0) is 26.7 Å². The molecule has 66 valence electrons. The van der Waals surface area contributed by atoms with Gasteiger partial charge < -0.3 is 5.11 Å². The Morgan fingerprint density at radius 1 is 1.45 bits per heavy atom. The zero-order valence-electron chi connectivity index (χ0n) is 7.85. The topological polar surface area (TPSA) is 37.3 Å². The van der Waals surface area contributed by atoms with Gasteiger partial charge in [0.05, 0.1) is 11.5 Å². The van der Waals surface area contributed by atoms with E-state index < -0.39 is 11.5 Å². The summed E-state index contributed by atoms with van der Waals surface area (Å²) in [6, 6.07) is 0. The molecule has 11 heavy (non-hydrogen) atoms. The SMILES string of the molecule is CCC(CC)(C(C)=O)[C@H](C)O. The van der Waals surface area contributed by atoms with Crippen molar-refractivity contribution >= 4 is 5.78 Å². The highest BCUT2D eigenvalue weighted by atomic mass is 16.3. The van der Waals surface area contributed by atoms with Crippen LogP contribution in [0.2, 0.25) is 0 Å². The van der Waals surface area contributed by atoms with E-state index in [-0.39, 0.29) is 5.78 Å². The average molecular weight is 158 g/mol. The Morgan fingerprint density at radius 3 is 1.82 bits per heavy atom. The van der Waals surface area contributed by atoms with Crippen LogP contribution in [0.5, 0.6) is 0 Å². The highest BCUT2D eigenvalue weighted by Crippen LogP contribution is 2.31. The van der Waals surface area contributed by atoms with Crippen LogP contribution in [0, 0.1) is 5.41 Å². The molecule has 2 heteroatoms. The van der Waals surface area contributed by atoms with Crippen LogP contribution in [-0.2, 0) is 4.79 Å². The van der Waals surface area contributed by atoms with Gasteiger partial charge in [-0.15, -0.1) is 0 Å². The summed E-state index contributed by atoms with van der Waals surface area (Å²) < 4.78 is 0. The third-order valence-electron chi connectivity index (χ3n) is 2.76. The molecule has 0 aliphatic heterocycles. The van der Waals surface area contributed by atoms with Crippen molar-refractivity contribution in [2.24, 2.45) is 5.41 Å². The molecule has 0 radical (unpaired) electrons. The number of hydrogen-bond donors (Lipinski definition) is 1. The van der Waals surface area contributed by atoms with Crippen molar-refractivity contribution in [2.45, 2.75) is 46.6 Å². The van der Waals surface area contributed by atoms with Gasteiger partial charge in [-0.3, -0.25) is 4.79 Å². The Hall–Kier alpha value is -0.370. The zero-order valence-corrected chi connectivity index (χ0v) is 7.85. The van der Waals surface area contributed by atoms with Crippen LogP contribution in [0.1, 0.15) is 40.5 Å². The lowest BCUT2D eigenvalue weighted by atomic mass is 9.74. The number of hydrogen-bond acceptors (Lipinski definition) is 2. The summed E-state index contributed by atoms with van der Waals surface area (Å²) in [5.41, 5.74) is -0.500. The van der Waals surface area contributed by atoms with E-state index in [4.69, 9.17) is 0 Å². The predicted octanol–water partition coefficient (Wildman–Crippen LogP) is 1.76. The number of Topliss-reactive ketones (excluding diaryl/α,β-unsaturated/α-hetero) is 1. The van der Waals surface area contributed by atoms with Gasteiger partial charge in [0, 0.05) is 0 Å². The molecule has 0 aromatic heterocycles. The summed E-state index contributed by atoms with van der Waals surface area (Å²) in [6.45, 7) is 7.13. The van der Waals surface area contributed by atoms with E-state index in [1.807, 2.05) is 13.8 Å². The largest absolute Gasteiger partial charge is 0.392 e. The average Bonchev–Trinajstić information content (AvgIpc) is 1.90. The standard InChI is InChI=1S/C9H18O2/c1-5-9(6-2,7(3)10)8(4)11/h7,10H,5-6H2,1-4H3/t7-/m0/s1. The molecule has 0 saturated heterocycles. The Kier molecular flexibility index (Phi) is 3.73. The van der Waals surface area contributed by atoms with Gasteiger partial charge >= 0.3 is 0 Å². The molecular weight excluding hydrogens is 140 g/mol. The lowest BCUT2D eigenvalue weighted by molar-refractivity contribution is -0.133. The van der Waals surface area contributed by atoms with E-state index in [9.17, 15) is 9.90 Å². The fourth-order valence-electron chi connectivity index (χ4n) is 1.63. The first-order chi connectivity index (χ1) is 5.01. The van der Waals surface area contributed by atoms with Gasteiger partial charge in [0.25, 0.3) is 0 Å². The number of aliphatic hydroxyl groups is 1. The minimum atomic E-state index is -0.532. The van der Waals surface area contributed by atoms with Crippen LogP contribution in [0.4, 0.5) is 0 Å². The van der Waals surface area contributed by atoms with E-state index in [1.165, 1.54) is 0 Å². The first-order valence-corrected chi connectivity index (χ1v) is 4.20. The molecule has 0 aromatic rings. The smallest absolute Gasteiger partial charge is 0.138 e. The minimum Gasteiger partial charge on any atom is -0.392 e. The summed E-state index contributed by atoms with van der Waals surface area (Å²) in [7, 11) is 0. The molecule has 0 amide bonds. The Labute approximate surface area is 68.6 Å². The molecule has 0 heterocycles. The highest BCUT2D eigenvalue weighted by molar-refractivity contribution is 5.82. The Morgan fingerprint density at radius 2 is 1.82 bits per heavy atom. The summed E-state index contributed by atoms with van der Waals surface area (Å²) in [4.78, 5) is 11.2. The summed E-state index contributed by atoms with van der Waals surface area (Å²) >= 11 is 0. The van der Waals surface area contributed by atoms with Crippen molar-refractivity contribution in [3.05, 3.63) is 0 Å². The van der Waals surface area contributed by atoms with Gasteiger partial charge in [0.15, 0.2) is 0 Å². The minimum absolute atomic E-state index is 0.0949. The number of carbonyl (C=O) groups is 1. The normalized spacial score (nSPS) is 14.6. The molecule has 0 spiro atoms. The van der Waals surface area contributed by atoms with Crippen LogP contribution in [-0.4, -0.2) is 17.0 Å². The van der Waals surface area contributed by atoms with Crippen molar-refractivity contribution in [3.63, 3.8) is 0 Å². The van der Waals surface area contributed by atoms with Crippen molar-refractivity contribution in [1.29, 1.82) is 0 Å². The quantitative estimate of drug-likeness (QED) is 0.677. The molecule has 0 fully saturated rings. The lowest BCUT2D eigenvalue weighted by Gasteiger charge is -2.31. The van der Waals surface area contributed by atoms with E-state index >= 15 is 0 Å². The first kappa shape index (κ1) is 10.6. The zero-order chi connectivity index (χ0) is 9.07. The Bertz CT molecular complexity index is 134. The fraction of sp³-hybridized carbons (Fsp3) is 0.889. The van der Waals surface area contributed by atoms with Crippen molar-refractivity contribution < 1.29 is 9.90 Å². The second-order valence-corrected chi connectivity index (χ2v) is 3.10. The number of ketones is 1. The van der Waals surface area contributed by atoms with E-state index in [0.29, 0.717) is 0 Å². The lowest BCUT2D eigenvalue weighted by Crippen LogP contribution is -2.38. The second kappa shape index (κ2) is 3.86. The molecule has 0 bridgehead atoms. The molecule has 0 aliphatic rings. The van der Waals surface area contributed by atoms with E-state index in [0.717, 1.165) is 12.8 Å². The van der Waals surface area contributed by atoms with Crippen LogP contribution >= 0.6 is 0 Å². The van der Waals surface area contributed by atoms with Crippen LogP contribution in [0.25, 0.3) is 0 Å². The summed E-state index contributed by atoms with van der Waals surface area (Å²) in [5, 5.41) is 9.41. The molecule has 1 atom stereocenters. The number of aliphatic hydroxyl groups excluding tert-OH is 1. The fourth-order valence-corrected chi connectivity index (χ4v) is 1.63. The van der Waals surface area contributed by atoms with Crippen LogP contribution in [0.3, 0.4) is 0 Å². The molecule has 1 N–H and O–H groups in total. The third kappa shape index (κ3) is 1.80. The summed E-state index contributed by atoms with van der Waals surface area (Å²) in [6.07, 6.45) is 0.905. The molecule has 0 aliphatic carbocycles. The maximum Gasteiger partial charge on any atom is 0.138 e. The predicted molar refractivity (Wildman–Crippen MR) is 45.4 cm³/mol. The van der Waals surface area contributed by atoms with Gasteiger partial charge in [-0.25, -0.2) is 0 Å². The van der Waals surface area contributed by atoms with Crippen molar-refractivity contribution in [2.75, 3.05) is 0 Å². The molecule has 0 saturated carbocycles. The van der Waals surface area contributed by atoms with Crippen molar-refractivity contribution in [1.82, 2.24) is 0 Å². The maximum absolute atomic E-state index is 11.2. The molecular formula is C9H18O2. The highest BCUT2D eigenvalue weighted by Gasteiger charge is 2.36. The number of rotatable bonds is 4. The second-order valence-electron chi connectivity index (χ2n) is 3.10. The van der Waals surface area contributed by atoms with Gasteiger partial charge in [-0.1, -0.05) is 13.8 Å². The van der Waals surface area contributed by atoms with Crippen molar-refractivity contribution in [3.8, 4) is 0 Å².